The van der Waals surface area contributed by atoms with Crippen LogP contribution < -0.4 is 15.8 Å². The normalized spacial score (nSPS) is 15.4. The Morgan fingerprint density at radius 2 is 1.88 bits per heavy atom. The van der Waals surface area contributed by atoms with E-state index in [0.29, 0.717) is 10.7 Å². The van der Waals surface area contributed by atoms with Crippen molar-refractivity contribution in [3.8, 4) is 0 Å². The Kier molecular flexibility index (Phi) is 4.72. The molecule has 1 aliphatic rings. The van der Waals surface area contributed by atoms with Gasteiger partial charge in [0.2, 0.25) is 10.0 Å². The fraction of sp³-hybridized carbons (Fsp3) is 0.278. The first-order valence-electron chi connectivity index (χ1n) is 8.10. The number of nitrogens with one attached hydrogen (secondary N) is 2. The highest BCUT2D eigenvalue weighted by Crippen LogP contribution is 2.46. The summed E-state index contributed by atoms with van der Waals surface area (Å²) in [6.07, 6.45) is 1.63. The van der Waals surface area contributed by atoms with Gasteiger partial charge in [-0.05, 0) is 67.6 Å². The quantitative estimate of drug-likeness (QED) is 0.741. The minimum absolute atomic E-state index is 0.0353. The molecule has 138 valence electrons. The number of carbonyl (C=O) groups excluding carboxylic acids is 1. The standard InChI is InChI=1S/C18H20ClN3O3S/c1-11-8-15(26(20,24)25)10-16(12(11)2)21-17(23)22-18(6-7-18)13-4-3-5-14(19)9-13/h3-5,8-10H,6-7H2,1-2H3,(H2,20,24,25)(H2,21,22,23). The summed E-state index contributed by atoms with van der Waals surface area (Å²) in [5.41, 5.74) is 2.43. The van der Waals surface area contributed by atoms with Gasteiger partial charge in [-0.3, -0.25) is 0 Å². The number of urea groups is 1. The molecule has 3 rings (SSSR count). The topological polar surface area (TPSA) is 101 Å². The lowest BCUT2D eigenvalue weighted by atomic mass is 10.1. The number of amides is 2. The van der Waals surface area contributed by atoms with Gasteiger partial charge in [0.05, 0.1) is 10.4 Å². The van der Waals surface area contributed by atoms with E-state index in [4.69, 9.17) is 16.7 Å². The number of nitrogens with two attached hydrogens (primary N) is 1. The van der Waals surface area contributed by atoms with Crippen molar-refractivity contribution < 1.29 is 13.2 Å². The maximum absolute atomic E-state index is 12.5. The predicted molar refractivity (Wildman–Crippen MR) is 102 cm³/mol. The van der Waals surface area contributed by atoms with Crippen LogP contribution in [0.1, 0.15) is 29.5 Å². The van der Waals surface area contributed by atoms with Crippen molar-refractivity contribution in [2.75, 3.05) is 5.32 Å². The summed E-state index contributed by atoms with van der Waals surface area (Å²) >= 11 is 6.05. The monoisotopic (exact) mass is 393 g/mol. The highest BCUT2D eigenvalue weighted by atomic mass is 35.5. The summed E-state index contributed by atoms with van der Waals surface area (Å²) in [7, 11) is -3.86. The van der Waals surface area contributed by atoms with Gasteiger partial charge in [-0.25, -0.2) is 18.4 Å². The van der Waals surface area contributed by atoms with Gasteiger partial charge in [-0.2, -0.15) is 0 Å². The third kappa shape index (κ3) is 3.85. The van der Waals surface area contributed by atoms with Crippen LogP contribution >= 0.6 is 11.6 Å². The summed E-state index contributed by atoms with van der Waals surface area (Å²) in [4.78, 5) is 12.5. The van der Waals surface area contributed by atoms with E-state index in [1.165, 1.54) is 12.1 Å². The Bertz CT molecular complexity index is 985. The number of primary sulfonamides is 1. The fourth-order valence-corrected chi connectivity index (χ4v) is 3.70. The summed E-state index contributed by atoms with van der Waals surface area (Å²) < 4.78 is 23.3. The Hall–Kier alpha value is -2.09. The molecule has 6 nitrogen and oxygen atoms in total. The second kappa shape index (κ2) is 6.57. The minimum Gasteiger partial charge on any atom is -0.328 e. The third-order valence-electron chi connectivity index (χ3n) is 4.70. The molecule has 0 aromatic heterocycles. The highest BCUT2D eigenvalue weighted by molar-refractivity contribution is 7.89. The molecule has 1 fully saturated rings. The lowest BCUT2D eigenvalue weighted by Gasteiger charge is -2.20. The lowest BCUT2D eigenvalue weighted by molar-refractivity contribution is 0.247. The molecule has 4 N–H and O–H groups in total. The molecule has 2 amide bonds. The Morgan fingerprint density at radius 1 is 1.19 bits per heavy atom. The van der Waals surface area contributed by atoms with E-state index >= 15 is 0 Å². The number of sulfonamides is 1. The second-order valence-electron chi connectivity index (χ2n) is 6.63. The number of hydrogen-bond donors (Lipinski definition) is 3. The Labute approximate surface area is 157 Å². The van der Waals surface area contributed by atoms with E-state index in [2.05, 4.69) is 10.6 Å². The van der Waals surface area contributed by atoms with Crippen LogP contribution in [0.4, 0.5) is 10.5 Å². The SMILES string of the molecule is Cc1cc(S(N)(=O)=O)cc(NC(=O)NC2(c3cccc(Cl)c3)CC2)c1C. The first-order valence-corrected chi connectivity index (χ1v) is 10.0. The molecule has 0 heterocycles. The van der Waals surface area contributed by atoms with E-state index in [1.54, 1.807) is 13.0 Å². The fourth-order valence-electron chi connectivity index (χ4n) is 2.89. The molecule has 0 unspecified atom stereocenters. The molecule has 0 bridgehead atoms. The van der Waals surface area contributed by atoms with Gasteiger partial charge in [0.1, 0.15) is 0 Å². The van der Waals surface area contributed by atoms with Gasteiger partial charge in [0.15, 0.2) is 0 Å². The number of benzene rings is 2. The molecule has 0 aliphatic heterocycles. The van der Waals surface area contributed by atoms with Gasteiger partial charge in [0, 0.05) is 10.7 Å². The van der Waals surface area contributed by atoms with Crippen LogP contribution in [-0.2, 0) is 15.6 Å². The van der Waals surface area contributed by atoms with E-state index in [-0.39, 0.29) is 4.90 Å². The number of aryl methyl sites for hydroxylation is 1. The molecular formula is C18H20ClN3O3S. The number of anilines is 1. The summed E-state index contributed by atoms with van der Waals surface area (Å²) in [6.45, 7) is 3.57. The Morgan fingerprint density at radius 3 is 2.46 bits per heavy atom. The number of halogens is 1. The van der Waals surface area contributed by atoms with Crippen LogP contribution in [0.25, 0.3) is 0 Å². The molecule has 2 aromatic rings. The van der Waals surface area contributed by atoms with E-state index < -0.39 is 21.6 Å². The zero-order chi connectivity index (χ0) is 19.1. The first kappa shape index (κ1) is 18.7. The summed E-state index contributed by atoms with van der Waals surface area (Å²) in [5, 5.41) is 11.5. The van der Waals surface area contributed by atoms with Gasteiger partial charge in [-0.1, -0.05) is 23.7 Å². The number of carbonyl (C=O) groups is 1. The second-order valence-corrected chi connectivity index (χ2v) is 8.63. The number of rotatable bonds is 4. The van der Waals surface area contributed by atoms with Crippen molar-refractivity contribution in [2.24, 2.45) is 5.14 Å². The van der Waals surface area contributed by atoms with Crippen molar-refractivity contribution in [2.45, 2.75) is 37.1 Å². The van der Waals surface area contributed by atoms with Crippen LogP contribution in [0.5, 0.6) is 0 Å². The molecule has 26 heavy (non-hydrogen) atoms. The lowest BCUT2D eigenvalue weighted by Crippen LogP contribution is -2.38. The van der Waals surface area contributed by atoms with E-state index in [9.17, 15) is 13.2 Å². The van der Waals surface area contributed by atoms with Crippen LogP contribution in [0, 0.1) is 13.8 Å². The summed E-state index contributed by atoms with van der Waals surface area (Å²) in [5.74, 6) is 0. The van der Waals surface area contributed by atoms with Gasteiger partial charge in [-0.15, -0.1) is 0 Å². The third-order valence-corrected chi connectivity index (χ3v) is 5.83. The van der Waals surface area contributed by atoms with Gasteiger partial charge >= 0.3 is 6.03 Å². The molecule has 0 spiro atoms. The zero-order valence-corrected chi connectivity index (χ0v) is 16.0. The molecule has 2 aromatic carbocycles. The van der Waals surface area contributed by atoms with E-state index in [0.717, 1.165) is 29.5 Å². The smallest absolute Gasteiger partial charge is 0.319 e. The highest BCUT2D eigenvalue weighted by Gasteiger charge is 2.45. The summed E-state index contributed by atoms with van der Waals surface area (Å²) in [6, 6.07) is 9.85. The van der Waals surface area contributed by atoms with Gasteiger partial charge < -0.3 is 10.6 Å². The predicted octanol–water partition coefficient (Wildman–Crippen LogP) is 3.42. The molecule has 8 heteroatoms. The first-order chi connectivity index (χ1) is 12.1. The molecule has 1 saturated carbocycles. The van der Waals surface area contributed by atoms with Crippen molar-refractivity contribution in [1.82, 2.24) is 5.32 Å². The average Bonchev–Trinajstić information content (AvgIpc) is 3.31. The van der Waals surface area contributed by atoms with Gasteiger partial charge in [0.25, 0.3) is 0 Å². The molecule has 0 saturated heterocycles. The van der Waals surface area contributed by atoms with Crippen LogP contribution in [-0.4, -0.2) is 14.4 Å². The molecule has 1 aliphatic carbocycles. The molecule has 0 radical (unpaired) electrons. The largest absolute Gasteiger partial charge is 0.328 e. The maximum atomic E-state index is 12.5. The van der Waals surface area contributed by atoms with Crippen molar-refractivity contribution in [1.29, 1.82) is 0 Å². The van der Waals surface area contributed by atoms with Crippen molar-refractivity contribution >= 4 is 33.3 Å². The maximum Gasteiger partial charge on any atom is 0.319 e. The minimum atomic E-state index is -3.86. The van der Waals surface area contributed by atoms with Crippen LogP contribution in [0.2, 0.25) is 5.02 Å². The zero-order valence-electron chi connectivity index (χ0n) is 14.5. The van der Waals surface area contributed by atoms with Crippen molar-refractivity contribution in [3.63, 3.8) is 0 Å². The number of hydrogen-bond acceptors (Lipinski definition) is 3. The Balaban J connectivity index is 1.82. The van der Waals surface area contributed by atoms with Crippen molar-refractivity contribution in [3.05, 3.63) is 58.1 Å². The average molecular weight is 394 g/mol. The molecule has 0 atom stereocenters. The van der Waals surface area contributed by atoms with Crippen LogP contribution in [0.3, 0.4) is 0 Å². The van der Waals surface area contributed by atoms with E-state index in [1.807, 2.05) is 25.1 Å². The van der Waals surface area contributed by atoms with Crippen LogP contribution in [0.15, 0.2) is 41.3 Å². The molecular weight excluding hydrogens is 374 g/mol.